The zero-order valence-corrected chi connectivity index (χ0v) is 23.5. The van der Waals surface area contributed by atoms with Crippen molar-refractivity contribution >= 4 is 0 Å². The SMILES string of the molecule is C=CC[C@@H]1[C@H](O)[C@@H](COC(c2ccccc2)(c2ccc(OC)cc2)c2ccccc2OC)O[C@H]1n1ccc(=O)[nH]c1=O. The van der Waals surface area contributed by atoms with Gasteiger partial charge in [0.2, 0.25) is 0 Å². The quantitative estimate of drug-likeness (QED) is 0.207. The van der Waals surface area contributed by atoms with Crippen LogP contribution in [0.3, 0.4) is 0 Å². The van der Waals surface area contributed by atoms with Gasteiger partial charge in [-0.05, 0) is 35.7 Å². The molecule has 0 radical (unpaired) electrons. The van der Waals surface area contributed by atoms with E-state index in [9.17, 15) is 14.7 Å². The standard InChI is InChI=1S/C33H34N2O7/c1-4-10-25-30(37)28(42-31(25)35-20-19-29(36)34-32(35)38)21-41-33(22-11-6-5-7-12-22,23-15-17-24(39-2)18-16-23)26-13-8-9-14-27(26)40-3/h4-9,11-20,25,28,30-31,37H,1,10,21H2,2-3H3,(H,34,36,38)/t25-,28-,30+,31-,33?/m1/s1. The molecule has 9 heteroatoms. The number of benzene rings is 3. The first-order valence-corrected chi connectivity index (χ1v) is 13.7. The third kappa shape index (κ3) is 5.42. The van der Waals surface area contributed by atoms with E-state index in [0.717, 1.165) is 16.7 Å². The topological polar surface area (TPSA) is 112 Å². The van der Waals surface area contributed by atoms with Gasteiger partial charge in [0.05, 0.1) is 26.9 Å². The van der Waals surface area contributed by atoms with E-state index in [1.54, 1.807) is 20.3 Å². The van der Waals surface area contributed by atoms with E-state index < -0.39 is 41.2 Å². The highest BCUT2D eigenvalue weighted by molar-refractivity contribution is 5.53. The number of hydrogen-bond donors (Lipinski definition) is 2. The lowest BCUT2D eigenvalue weighted by atomic mass is 9.79. The molecule has 1 aliphatic heterocycles. The number of methoxy groups -OCH3 is 2. The fourth-order valence-corrected chi connectivity index (χ4v) is 5.65. The van der Waals surface area contributed by atoms with Gasteiger partial charge in [-0.1, -0.05) is 66.7 Å². The second-order valence-electron chi connectivity index (χ2n) is 10.0. The van der Waals surface area contributed by atoms with E-state index in [4.69, 9.17) is 18.9 Å². The average Bonchev–Trinajstić information content (AvgIpc) is 3.33. The Bertz CT molecular complexity index is 1620. The Labute approximate surface area is 243 Å². The predicted molar refractivity (Wildman–Crippen MR) is 158 cm³/mol. The molecular weight excluding hydrogens is 536 g/mol. The molecule has 5 atom stereocenters. The first-order chi connectivity index (χ1) is 20.4. The maximum Gasteiger partial charge on any atom is 0.330 e. The number of nitrogens with one attached hydrogen (secondary N) is 1. The molecule has 2 N–H and O–H groups in total. The van der Waals surface area contributed by atoms with Gasteiger partial charge in [0.1, 0.15) is 29.4 Å². The van der Waals surface area contributed by atoms with Crippen molar-refractivity contribution in [1.82, 2.24) is 9.55 Å². The lowest BCUT2D eigenvalue weighted by Crippen LogP contribution is -2.39. The molecule has 1 unspecified atom stereocenters. The molecule has 4 aromatic rings. The van der Waals surface area contributed by atoms with Gasteiger partial charge in [-0.3, -0.25) is 14.3 Å². The maximum absolute atomic E-state index is 12.6. The van der Waals surface area contributed by atoms with Gasteiger partial charge < -0.3 is 24.1 Å². The van der Waals surface area contributed by atoms with Gasteiger partial charge in [0.25, 0.3) is 5.56 Å². The molecule has 3 aromatic carbocycles. The predicted octanol–water partition coefficient (Wildman–Crippen LogP) is 4.01. The van der Waals surface area contributed by atoms with Crippen molar-refractivity contribution in [3.63, 3.8) is 0 Å². The molecule has 0 amide bonds. The number of H-pyrrole nitrogens is 1. The summed E-state index contributed by atoms with van der Waals surface area (Å²) in [6.45, 7) is 3.78. The van der Waals surface area contributed by atoms with Gasteiger partial charge >= 0.3 is 5.69 Å². The van der Waals surface area contributed by atoms with Crippen molar-refractivity contribution in [3.05, 3.63) is 141 Å². The number of hydrogen-bond acceptors (Lipinski definition) is 7. The summed E-state index contributed by atoms with van der Waals surface area (Å²) < 4.78 is 25.8. The number of ether oxygens (including phenoxy) is 4. The van der Waals surface area contributed by atoms with E-state index in [0.29, 0.717) is 17.9 Å². The lowest BCUT2D eigenvalue weighted by molar-refractivity contribution is -0.0952. The zero-order valence-electron chi connectivity index (χ0n) is 23.5. The molecule has 218 valence electrons. The number of rotatable bonds is 11. The number of para-hydroxylation sites is 1. The molecule has 1 aromatic heterocycles. The molecule has 42 heavy (non-hydrogen) atoms. The van der Waals surface area contributed by atoms with Crippen molar-refractivity contribution in [1.29, 1.82) is 0 Å². The first kappa shape index (κ1) is 29.1. The van der Waals surface area contributed by atoms with E-state index in [1.165, 1.54) is 16.8 Å². The minimum atomic E-state index is -1.18. The minimum absolute atomic E-state index is 0.0393. The van der Waals surface area contributed by atoms with Crippen LogP contribution in [0, 0.1) is 5.92 Å². The zero-order chi connectivity index (χ0) is 29.7. The summed E-state index contributed by atoms with van der Waals surface area (Å²) in [5, 5.41) is 11.5. The number of nitrogens with zero attached hydrogens (tertiary/aromatic N) is 1. The smallest absolute Gasteiger partial charge is 0.330 e. The molecule has 2 heterocycles. The highest BCUT2D eigenvalue weighted by Gasteiger charge is 2.47. The van der Waals surface area contributed by atoms with Crippen molar-refractivity contribution < 1.29 is 24.1 Å². The van der Waals surface area contributed by atoms with Crippen LogP contribution in [0.1, 0.15) is 29.3 Å². The summed E-state index contributed by atoms with van der Waals surface area (Å²) in [6, 6.07) is 26.3. The molecule has 5 rings (SSSR count). The maximum atomic E-state index is 12.6. The summed E-state index contributed by atoms with van der Waals surface area (Å²) in [4.78, 5) is 26.6. The monoisotopic (exact) mass is 570 g/mol. The summed E-state index contributed by atoms with van der Waals surface area (Å²) in [5.74, 6) is 0.807. The van der Waals surface area contributed by atoms with Crippen LogP contribution < -0.4 is 20.7 Å². The fourth-order valence-electron chi connectivity index (χ4n) is 5.65. The summed E-state index contributed by atoms with van der Waals surface area (Å²) in [5.41, 5.74) is 0.0857. The fraction of sp³-hybridized carbons (Fsp3) is 0.273. The van der Waals surface area contributed by atoms with Crippen molar-refractivity contribution in [2.24, 2.45) is 5.92 Å². The molecule has 0 saturated carbocycles. The number of aromatic nitrogens is 2. The Morgan fingerprint density at radius 1 is 0.952 bits per heavy atom. The Morgan fingerprint density at radius 2 is 1.64 bits per heavy atom. The lowest BCUT2D eigenvalue weighted by Gasteiger charge is -2.37. The van der Waals surface area contributed by atoms with Gasteiger partial charge in [-0.25, -0.2) is 4.79 Å². The van der Waals surface area contributed by atoms with Crippen LogP contribution in [0.2, 0.25) is 0 Å². The van der Waals surface area contributed by atoms with Crippen LogP contribution in [-0.4, -0.2) is 47.7 Å². The van der Waals surface area contributed by atoms with Gasteiger partial charge in [-0.2, -0.15) is 0 Å². The Hall–Kier alpha value is -4.44. The molecule has 9 nitrogen and oxygen atoms in total. The molecule has 1 saturated heterocycles. The highest BCUT2D eigenvalue weighted by atomic mass is 16.6. The van der Waals surface area contributed by atoms with Crippen LogP contribution >= 0.6 is 0 Å². The molecule has 0 spiro atoms. The van der Waals surface area contributed by atoms with Crippen LogP contribution in [0.25, 0.3) is 0 Å². The van der Waals surface area contributed by atoms with E-state index in [-0.39, 0.29) is 6.61 Å². The van der Waals surface area contributed by atoms with E-state index in [1.807, 2.05) is 78.9 Å². The Kier molecular flexibility index (Phi) is 8.72. The summed E-state index contributed by atoms with van der Waals surface area (Å²) in [6.07, 6.45) is 0.782. The summed E-state index contributed by atoms with van der Waals surface area (Å²) in [7, 11) is 3.22. The molecule has 1 aliphatic rings. The number of aliphatic hydroxyl groups excluding tert-OH is 1. The van der Waals surface area contributed by atoms with Crippen molar-refractivity contribution in [2.75, 3.05) is 20.8 Å². The van der Waals surface area contributed by atoms with Crippen LogP contribution in [0.15, 0.2) is 113 Å². The van der Waals surface area contributed by atoms with Gasteiger partial charge in [0.15, 0.2) is 0 Å². The number of aliphatic hydroxyl groups is 1. The normalized spacial score (nSPS) is 21.4. The molecule has 0 aliphatic carbocycles. The Morgan fingerprint density at radius 3 is 2.31 bits per heavy atom. The van der Waals surface area contributed by atoms with Crippen molar-refractivity contribution in [3.8, 4) is 11.5 Å². The third-order valence-electron chi connectivity index (χ3n) is 7.69. The van der Waals surface area contributed by atoms with Gasteiger partial charge in [0, 0.05) is 23.7 Å². The highest BCUT2D eigenvalue weighted by Crippen LogP contribution is 2.46. The second-order valence-corrected chi connectivity index (χ2v) is 10.0. The first-order valence-electron chi connectivity index (χ1n) is 13.7. The second kappa shape index (κ2) is 12.6. The van der Waals surface area contributed by atoms with Crippen LogP contribution in [0.5, 0.6) is 11.5 Å². The molecule has 1 fully saturated rings. The Balaban J connectivity index is 1.60. The number of allylic oxidation sites excluding steroid dienone is 1. The average molecular weight is 571 g/mol. The largest absolute Gasteiger partial charge is 0.497 e. The van der Waals surface area contributed by atoms with E-state index in [2.05, 4.69) is 11.6 Å². The minimum Gasteiger partial charge on any atom is -0.497 e. The molecular formula is C33H34N2O7. The van der Waals surface area contributed by atoms with Crippen LogP contribution in [-0.2, 0) is 15.1 Å². The van der Waals surface area contributed by atoms with Crippen molar-refractivity contribution in [2.45, 2.75) is 30.5 Å². The van der Waals surface area contributed by atoms with Crippen LogP contribution in [0.4, 0.5) is 0 Å². The molecule has 0 bridgehead atoms. The van der Waals surface area contributed by atoms with E-state index >= 15 is 0 Å². The third-order valence-corrected chi connectivity index (χ3v) is 7.69. The summed E-state index contributed by atoms with van der Waals surface area (Å²) >= 11 is 0. The van der Waals surface area contributed by atoms with Gasteiger partial charge in [-0.15, -0.1) is 6.58 Å². The number of aromatic amines is 1.